The zero-order chi connectivity index (χ0) is 12.1. The number of aryl methyl sites for hydroxylation is 1. The molecular formula is C15H15NO. The third-order valence-corrected chi connectivity index (χ3v) is 2.51. The Balaban J connectivity index is 2.07. The van der Waals surface area contributed by atoms with E-state index >= 15 is 0 Å². The van der Waals surface area contributed by atoms with Crippen LogP contribution in [0.3, 0.4) is 0 Å². The number of benzene rings is 1. The summed E-state index contributed by atoms with van der Waals surface area (Å²) in [5, 5.41) is 0. The zero-order valence-electron chi connectivity index (χ0n) is 9.89. The van der Waals surface area contributed by atoms with Gasteiger partial charge in [0.25, 0.3) is 0 Å². The van der Waals surface area contributed by atoms with E-state index in [1.165, 1.54) is 0 Å². The summed E-state index contributed by atoms with van der Waals surface area (Å²) in [4.78, 5) is 4.27. The van der Waals surface area contributed by atoms with E-state index in [0.717, 1.165) is 16.7 Å². The molecule has 2 heteroatoms. The van der Waals surface area contributed by atoms with Crippen LogP contribution in [0, 0.1) is 6.92 Å². The summed E-state index contributed by atoms with van der Waals surface area (Å²) in [6, 6.07) is 12.1. The smallest absolute Gasteiger partial charge is 0.216 e. The average molecular weight is 225 g/mol. The molecule has 2 rings (SSSR count). The van der Waals surface area contributed by atoms with Crippen molar-refractivity contribution in [1.29, 1.82) is 0 Å². The van der Waals surface area contributed by atoms with Crippen LogP contribution in [0.5, 0.6) is 5.88 Å². The maximum Gasteiger partial charge on any atom is 0.216 e. The monoisotopic (exact) mass is 225 g/mol. The Morgan fingerprint density at radius 3 is 2.71 bits per heavy atom. The summed E-state index contributed by atoms with van der Waals surface area (Å²) in [5.74, 6) is 0.680. The molecule has 0 spiro atoms. The number of aromatic nitrogens is 1. The van der Waals surface area contributed by atoms with Gasteiger partial charge in [0.2, 0.25) is 5.88 Å². The quantitative estimate of drug-likeness (QED) is 0.793. The van der Waals surface area contributed by atoms with Crippen LogP contribution in [0.2, 0.25) is 0 Å². The van der Waals surface area contributed by atoms with Crippen LogP contribution in [0.25, 0.3) is 6.08 Å². The standard InChI is InChI=1S/C15H15NO/c1-3-13-9-12(2)15(16-10-13)17-11-14-7-5-4-6-8-14/h3-10H,1,11H2,2H3. The van der Waals surface area contributed by atoms with E-state index in [9.17, 15) is 0 Å². The van der Waals surface area contributed by atoms with Crippen LogP contribution >= 0.6 is 0 Å². The van der Waals surface area contributed by atoms with Gasteiger partial charge >= 0.3 is 0 Å². The van der Waals surface area contributed by atoms with Crippen LogP contribution in [0.4, 0.5) is 0 Å². The second-order valence-electron chi connectivity index (χ2n) is 3.87. The molecule has 17 heavy (non-hydrogen) atoms. The van der Waals surface area contributed by atoms with Crippen molar-refractivity contribution in [2.24, 2.45) is 0 Å². The highest BCUT2D eigenvalue weighted by Gasteiger charge is 2.02. The molecule has 1 heterocycles. The van der Waals surface area contributed by atoms with Gasteiger partial charge in [-0.2, -0.15) is 0 Å². The fourth-order valence-corrected chi connectivity index (χ4v) is 1.57. The first kappa shape index (κ1) is 11.4. The van der Waals surface area contributed by atoms with Gasteiger partial charge in [0.1, 0.15) is 6.61 Å². The lowest BCUT2D eigenvalue weighted by atomic mass is 10.2. The fourth-order valence-electron chi connectivity index (χ4n) is 1.57. The van der Waals surface area contributed by atoms with E-state index in [2.05, 4.69) is 11.6 Å². The Morgan fingerprint density at radius 2 is 2.06 bits per heavy atom. The van der Waals surface area contributed by atoms with E-state index in [0.29, 0.717) is 12.5 Å². The van der Waals surface area contributed by atoms with Crippen LogP contribution in [0.1, 0.15) is 16.7 Å². The number of hydrogen-bond acceptors (Lipinski definition) is 2. The molecule has 0 unspecified atom stereocenters. The fraction of sp³-hybridized carbons (Fsp3) is 0.133. The van der Waals surface area contributed by atoms with Gasteiger partial charge in [0, 0.05) is 11.8 Å². The lowest BCUT2D eigenvalue weighted by Crippen LogP contribution is -1.99. The molecule has 86 valence electrons. The Hall–Kier alpha value is -2.09. The Morgan fingerprint density at radius 1 is 1.29 bits per heavy atom. The summed E-state index contributed by atoms with van der Waals surface area (Å²) in [6.07, 6.45) is 3.54. The summed E-state index contributed by atoms with van der Waals surface area (Å²) >= 11 is 0. The molecule has 0 bridgehead atoms. The van der Waals surface area contributed by atoms with Gasteiger partial charge in [-0.3, -0.25) is 0 Å². The molecule has 1 aromatic carbocycles. The predicted octanol–water partition coefficient (Wildman–Crippen LogP) is 3.61. The van der Waals surface area contributed by atoms with Crippen molar-refractivity contribution >= 4 is 6.08 Å². The highest BCUT2D eigenvalue weighted by molar-refractivity contribution is 5.48. The highest BCUT2D eigenvalue weighted by atomic mass is 16.5. The maximum absolute atomic E-state index is 5.68. The second kappa shape index (κ2) is 5.30. The zero-order valence-corrected chi connectivity index (χ0v) is 9.89. The Labute approximate surface area is 102 Å². The van der Waals surface area contributed by atoms with E-state index in [-0.39, 0.29) is 0 Å². The van der Waals surface area contributed by atoms with Crippen molar-refractivity contribution in [2.75, 3.05) is 0 Å². The van der Waals surface area contributed by atoms with Gasteiger partial charge in [-0.15, -0.1) is 0 Å². The van der Waals surface area contributed by atoms with Crippen molar-refractivity contribution in [3.05, 3.63) is 65.9 Å². The van der Waals surface area contributed by atoms with Gasteiger partial charge in [-0.1, -0.05) is 43.0 Å². The minimum absolute atomic E-state index is 0.544. The molecule has 0 amide bonds. The van der Waals surface area contributed by atoms with E-state index in [4.69, 9.17) is 4.74 Å². The van der Waals surface area contributed by atoms with Crippen molar-refractivity contribution in [1.82, 2.24) is 4.98 Å². The molecule has 0 atom stereocenters. The molecule has 0 aliphatic rings. The van der Waals surface area contributed by atoms with Crippen molar-refractivity contribution < 1.29 is 4.74 Å². The normalized spacial score (nSPS) is 9.94. The first-order valence-corrected chi connectivity index (χ1v) is 5.55. The molecule has 0 saturated carbocycles. The van der Waals surface area contributed by atoms with Crippen molar-refractivity contribution in [2.45, 2.75) is 13.5 Å². The molecule has 0 aliphatic carbocycles. The number of ether oxygens (including phenoxy) is 1. The van der Waals surface area contributed by atoms with Crippen LogP contribution in [0.15, 0.2) is 49.2 Å². The van der Waals surface area contributed by atoms with Crippen LogP contribution < -0.4 is 4.74 Å². The minimum Gasteiger partial charge on any atom is -0.473 e. The second-order valence-corrected chi connectivity index (χ2v) is 3.87. The number of pyridine rings is 1. The van der Waals surface area contributed by atoms with E-state index in [1.54, 1.807) is 12.3 Å². The number of nitrogens with zero attached hydrogens (tertiary/aromatic N) is 1. The van der Waals surface area contributed by atoms with E-state index in [1.807, 2.05) is 43.3 Å². The average Bonchev–Trinajstić information content (AvgIpc) is 2.38. The molecule has 0 saturated heterocycles. The molecule has 2 nitrogen and oxygen atoms in total. The topological polar surface area (TPSA) is 22.1 Å². The third-order valence-electron chi connectivity index (χ3n) is 2.51. The van der Waals surface area contributed by atoms with Crippen LogP contribution in [-0.2, 0) is 6.61 Å². The van der Waals surface area contributed by atoms with Gasteiger partial charge in [0.05, 0.1) is 0 Å². The first-order chi connectivity index (χ1) is 8.29. The SMILES string of the molecule is C=Cc1cnc(OCc2ccccc2)c(C)c1. The van der Waals surface area contributed by atoms with E-state index < -0.39 is 0 Å². The summed E-state index contributed by atoms with van der Waals surface area (Å²) in [7, 11) is 0. The number of rotatable bonds is 4. The molecular weight excluding hydrogens is 210 g/mol. The summed E-state index contributed by atoms with van der Waals surface area (Å²) < 4.78 is 5.68. The molecule has 0 N–H and O–H groups in total. The molecule has 0 aliphatic heterocycles. The lowest BCUT2D eigenvalue weighted by Gasteiger charge is -2.08. The van der Waals surface area contributed by atoms with Gasteiger partial charge in [-0.25, -0.2) is 4.98 Å². The molecule has 2 aromatic rings. The van der Waals surface area contributed by atoms with Gasteiger partial charge < -0.3 is 4.74 Å². The first-order valence-electron chi connectivity index (χ1n) is 5.55. The Kier molecular flexibility index (Phi) is 3.55. The van der Waals surface area contributed by atoms with Crippen LogP contribution in [-0.4, -0.2) is 4.98 Å². The van der Waals surface area contributed by atoms with Gasteiger partial charge in [0.15, 0.2) is 0 Å². The van der Waals surface area contributed by atoms with Crippen molar-refractivity contribution in [3.63, 3.8) is 0 Å². The minimum atomic E-state index is 0.544. The summed E-state index contributed by atoms with van der Waals surface area (Å²) in [5.41, 5.74) is 3.18. The lowest BCUT2D eigenvalue weighted by molar-refractivity contribution is 0.291. The highest BCUT2D eigenvalue weighted by Crippen LogP contribution is 2.17. The summed E-state index contributed by atoms with van der Waals surface area (Å²) in [6.45, 7) is 6.24. The van der Waals surface area contributed by atoms with Gasteiger partial charge in [-0.05, 0) is 24.1 Å². The molecule has 0 fully saturated rings. The third kappa shape index (κ3) is 2.94. The van der Waals surface area contributed by atoms with Crippen molar-refractivity contribution in [3.8, 4) is 5.88 Å². The molecule has 1 aromatic heterocycles. The molecule has 0 radical (unpaired) electrons. The largest absolute Gasteiger partial charge is 0.473 e. The maximum atomic E-state index is 5.68. The Bertz CT molecular complexity index is 506. The predicted molar refractivity (Wildman–Crippen MR) is 69.8 cm³/mol. The number of hydrogen-bond donors (Lipinski definition) is 0.